The number of oxime groups is 1. The lowest BCUT2D eigenvalue weighted by atomic mass is 10.0. The number of rotatable bonds is 1. The van der Waals surface area contributed by atoms with Gasteiger partial charge in [-0.25, -0.2) is 9.69 Å². The summed E-state index contributed by atoms with van der Waals surface area (Å²) in [7, 11) is 2.19. The van der Waals surface area contributed by atoms with Crippen LogP contribution in [0.1, 0.15) is 36.8 Å². The average molecular weight is 375 g/mol. The molecule has 3 heterocycles. The summed E-state index contributed by atoms with van der Waals surface area (Å²) in [4.78, 5) is 22.8. The van der Waals surface area contributed by atoms with Crippen LogP contribution in [0.25, 0.3) is 0 Å². The molecule has 0 radical (unpaired) electrons. The van der Waals surface area contributed by atoms with E-state index in [1.54, 1.807) is 4.90 Å². The van der Waals surface area contributed by atoms with Crippen LogP contribution in [0.3, 0.4) is 0 Å². The number of anilines is 2. The summed E-state index contributed by atoms with van der Waals surface area (Å²) in [6.45, 7) is 0. The van der Waals surface area contributed by atoms with Crippen LogP contribution in [0, 0.1) is 0 Å². The van der Waals surface area contributed by atoms with Crippen LogP contribution in [0.5, 0.6) is 0 Å². The molecule has 28 heavy (non-hydrogen) atoms. The molecule has 0 N–H and O–H groups in total. The van der Waals surface area contributed by atoms with E-state index in [4.69, 9.17) is 4.84 Å². The van der Waals surface area contributed by atoms with Gasteiger partial charge >= 0.3 is 6.09 Å². The molecule has 1 amide bonds. The lowest BCUT2D eigenvalue weighted by molar-refractivity contribution is 0.157. The van der Waals surface area contributed by atoms with Gasteiger partial charge in [-0.1, -0.05) is 41.6 Å². The number of fused-ring (bicyclic) bond motifs is 4. The Balaban J connectivity index is 1.44. The molecule has 3 aliphatic rings. The van der Waals surface area contributed by atoms with Gasteiger partial charge in [-0.2, -0.15) is 0 Å². The van der Waals surface area contributed by atoms with Crippen LogP contribution in [0.4, 0.5) is 16.2 Å². The van der Waals surface area contributed by atoms with E-state index in [0.29, 0.717) is 12.1 Å². The first-order valence-electron chi connectivity index (χ1n) is 10.2. The molecule has 2 saturated heterocycles. The van der Waals surface area contributed by atoms with Crippen LogP contribution < -0.4 is 4.90 Å². The van der Waals surface area contributed by atoms with E-state index >= 15 is 0 Å². The van der Waals surface area contributed by atoms with Crippen molar-refractivity contribution in [2.24, 2.45) is 5.16 Å². The normalized spacial score (nSPS) is 23.6. The second-order valence-corrected chi connectivity index (χ2v) is 8.07. The van der Waals surface area contributed by atoms with Crippen molar-refractivity contribution in [2.45, 2.75) is 50.6 Å². The number of carbonyl (C=O) groups is 1. The molecule has 5 rings (SSSR count). The molecule has 0 aromatic heterocycles. The fourth-order valence-corrected chi connectivity index (χ4v) is 4.91. The number of para-hydroxylation sites is 2. The van der Waals surface area contributed by atoms with Gasteiger partial charge in [-0.05, 0) is 56.0 Å². The molecule has 3 aliphatic heterocycles. The number of amides is 1. The van der Waals surface area contributed by atoms with Crippen molar-refractivity contribution in [3.05, 3.63) is 59.7 Å². The van der Waals surface area contributed by atoms with Crippen molar-refractivity contribution in [3.8, 4) is 0 Å². The molecule has 2 aromatic carbocycles. The van der Waals surface area contributed by atoms with Gasteiger partial charge in [0.2, 0.25) is 0 Å². The maximum Gasteiger partial charge on any atom is 0.445 e. The highest BCUT2D eigenvalue weighted by Gasteiger charge is 2.37. The van der Waals surface area contributed by atoms with Crippen LogP contribution in [-0.2, 0) is 17.7 Å². The van der Waals surface area contributed by atoms with E-state index in [9.17, 15) is 4.79 Å². The minimum atomic E-state index is -0.430. The summed E-state index contributed by atoms with van der Waals surface area (Å²) < 4.78 is 0. The van der Waals surface area contributed by atoms with Gasteiger partial charge in [0.15, 0.2) is 0 Å². The summed E-state index contributed by atoms with van der Waals surface area (Å²) in [6.07, 6.45) is 5.59. The second kappa shape index (κ2) is 7.06. The number of carbonyl (C=O) groups excluding carboxylic acids is 1. The summed E-state index contributed by atoms with van der Waals surface area (Å²) in [5.74, 6) is 0. The third kappa shape index (κ3) is 3.00. The first kappa shape index (κ1) is 17.4. The zero-order chi connectivity index (χ0) is 19.1. The van der Waals surface area contributed by atoms with Gasteiger partial charge in [0.25, 0.3) is 0 Å². The van der Waals surface area contributed by atoms with Gasteiger partial charge in [0, 0.05) is 24.9 Å². The monoisotopic (exact) mass is 375 g/mol. The van der Waals surface area contributed by atoms with Crippen LogP contribution in [0.15, 0.2) is 53.7 Å². The molecule has 5 nitrogen and oxygen atoms in total. The first-order chi connectivity index (χ1) is 13.7. The van der Waals surface area contributed by atoms with Crippen LogP contribution in [-0.4, -0.2) is 35.8 Å². The third-order valence-electron chi connectivity index (χ3n) is 6.49. The van der Waals surface area contributed by atoms with Crippen LogP contribution >= 0.6 is 0 Å². The number of hydrogen-bond donors (Lipinski definition) is 0. The molecule has 2 unspecified atom stereocenters. The molecule has 144 valence electrons. The topological polar surface area (TPSA) is 45.1 Å². The van der Waals surface area contributed by atoms with E-state index in [1.165, 1.54) is 12.8 Å². The highest BCUT2D eigenvalue weighted by atomic mass is 16.7. The van der Waals surface area contributed by atoms with E-state index < -0.39 is 6.09 Å². The number of benzene rings is 2. The number of aryl methyl sites for hydroxylation is 2. The molecule has 2 fully saturated rings. The fourth-order valence-electron chi connectivity index (χ4n) is 4.91. The van der Waals surface area contributed by atoms with Crippen LogP contribution in [0.2, 0.25) is 0 Å². The largest absolute Gasteiger partial charge is 0.445 e. The average Bonchev–Trinajstić information content (AvgIpc) is 2.91. The predicted octanol–water partition coefficient (Wildman–Crippen LogP) is 4.67. The summed E-state index contributed by atoms with van der Waals surface area (Å²) in [5, 5.41) is 4.31. The standard InChI is InChI=1S/C23H25N3O2/c1-25-19-12-13-20(25)15-18(14-19)24-28-23(27)26-21-8-4-2-6-16(21)10-11-17-7-3-5-9-22(17)26/h2-9,19-20H,10-15H2,1H3. The number of nitrogens with zero attached hydrogens (tertiary/aromatic N) is 3. The van der Waals surface area contributed by atoms with E-state index in [2.05, 4.69) is 29.2 Å². The molecular weight excluding hydrogens is 350 g/mol. The minimum absolute atomic E-state index is 0.430. The molecular formula is C23H25N3O2. The van der Waals surface area contributed by atoms with Crippen molar-refractivity contribution in [2.75, 3.05) is 11.9 Å². The van der Waals surface area contributed by atoms with Crippen molar-refractivity contribution in [3.63, 3.8) is 0 Å². The summed E-state index contributed by atoms with van der Waals surface area (Å²) >= 11 is 0. The predicted molar refractivity (Wildman–Crippen MR) is 110 cm³/mol. The Kier molecular flexibility index (Phi) is 4.40. The lowest BCUT2D eigenvalue weighted by Gasteiger charge is -2.31. The van der Waals surface area contributed by atoms with E-state index in [-0.39, 0.29) is 0 Å². The van der Waals surface area contributed by atoms with Crippen molar-refractivity contribution < 1.29 is 9.63 Å². The van der Waals surface area contributed by atoms with Crippen molar-refractivity contribution >= 4 is 23.2 Å². The molecule has 2 atom stereocenters. The Morgan fingerprint density at radius 3 is 2.04 bits per heavy atom. The van der Waals surface area contributed by atoms with Crippen molar-refractivity contribution in [1.29, 1.82) is 0 Å². The maximum absolute atomic E-state index is 13.1. The molecule has 2 bridgehead atoms. The van der Waals surface area contributed by atoms with E-state index in [0.717, 1.165) is 53.9 Å². The highest BCUT2D eigenvalue weighted by Crippen LogP contribution is 2.37. The summed E-state index contributed by atoms with van der Waals surface area (Å²) in [5.41, 5.74) is 5.10. The first-order valence-corrected chi connectivity index (χ1v) is 10.2. The third-order valence-corrected chi connectivity index (χ3v) is 6.49. The Labute approximate surface area is 165 Å². The Bertz CT molecular complexity index is 875. The Hall–Kier alpha value is -2.66. The van der Waals surface area contributed by atoms with Crippen molar-refractivity contribution in [1.82, 2.24) is 4.90 Å². The fraction of sp³-hybridized carbons (Fsp3) is 0.391. The molecule has 2 aromatic rings. The molecule has 0 spiro atoms. The Morgan fingerprint density at radius 1 is 0.929 bits per heavy atom. The second-order valence-electron chi connectivity index (χ2n) is 8.07. The van der Waals surface area contributed by atoms with Gasteiger partial charge in [0.05, 0.1) is 17.1 Å². The van der Waals surface area contributed by atoms with Gasteiger partial charge in [-0.3, -0.25) is 9.74 Å². The number of piperidine rings is 1. The highest BCUT2D eigenvalue weighted by molar-refractivity contribution is 5.98. The quantitative estimate of drug-likeness (QED) is 0.537. The maximum atomic E-state index is 13.1. The lowest BCUT2D eigenvalue weighted by Crippen LogP contribution is -2.40. The van der Waals surface area contributed by atoms with E-state index in [1.807, 2.05) is 36.4 Å². The minimum Gasteiger partial charge on any atom is -0.300 e. The number of hydrogen-bond acceptors (Lipinski definition) is 4. The molecule has 5 heteroatoms. The zero-order valence-electron chi connectivity index (χ0n) is 16.2. The zero-order valence-corrected chi connectivity index (χ0v) is 16.2. The van der Waals surface area contributed by atoms with Gasteiger partial charge in [-0.15, -0.1) is 0 Å². The summed E-state index contributed by atoms with van der Waals surface area (Å²) in [6, 6.07) is 17.2. The molecule has 0 aliphatic carbocycles. The smallest absolute Gasteiger partial charge is 0.300 e. The molecule has 0 saturated carbocycles. The Morgan fingerprint density at radius 2 is 1.46 bits per heavy atom. The SMILES string of the molecule is CN1C2CCC1CC(=NOC(=O)N1c3ccccc3CCc3ccccc31)C2. The van der Waals surface area contributed by atoms with Gasteiger partial charge in [0.1, 0.15) is 0 Å². The van der Waals surface area contributed by atoms with Gasteiger partial charge < -0.3 is 0 Å².